The van der Waals surface area contributed by atoms with Crippen LogP contribution in [0, 0.1) is 5.92 Å². The van der Waals surface area contributed by atoms with Crippen LogP contribution in [-0.2, 0) is 9.59 Å². The second kappa shape index (κ2) is 4.87. The van der Waals surface area contributed by atoms with Gasteiger partial charge >= 0.3 is 0 Å². The molecule has 12 heavy (non-hydrogen) atoms. The second-order valence-electron chi connectivity index (χ2n) is 3.26. The molecule has 0 saturated carbocycles. The lowest BCUT2D eigenvalue weighted by Gasteiger charge is -2.14. The summed E-state index contributed by atoms with van der Waals surface area (Å²) in [6, 6.07) is 0. The van der Waals surface area contributed by atoms with Gasteiger partial charge < -0.3 is 5.73 Å². The van der Waals surface area contributed by atoms with Gasteiger partial charge in [0.15, 0.2) is 0 Å². The van der Waals surface area contributed by atoms with Gasteiger partial charge in [-0.1, -0.05) is 13.8 Å². The highest BCUT2D eigenvalue weighted by Gasteiger charge is 2.11. The van der Waals surface area contributed by atoms with Gasteiger partial charge in [-0.05, 0) is 7.05 Å². The van der Waals surface area contributed by atoms with E-state index in [1.165, 1.54) is 0 Å². The Kier molecular flexibility index (Phi) is 4.51. The van der Waals surface area contributed by atoms with E-state index in [0.29, 0.717) is 6.54 Å². The summed E-state index contributed by atoms with van der Waals surface area (Å²) in [5, 5.41) is 0. The Morgan fingerprint density at radius 2 is 1.83 bits per heavy atom. The van der Waals surface area contributed by atoms with E-state index in [4.69, 9.17) is 5.73 Å². The molecule has 4 nitrogen and oxygen atoms in total. The minimum Gasteiger partial charge on any atom is -0.369 e. The lowest BCUT2D eigenvalue weighted by molar-refractivity contribution is -0.124. The fourth-order valence-electron chi connectivity index (χ4n) is 0.771. The molecular formula is C8H16N2O2. The molecule has 0 aromatic carbocycles. The SMILES string of the molecule is CC(C)C(=O)CN(C)CC(N)=O. The number of likely N-dealkylation sites (N-methyl/N-ethyl adjacent to an activating group) is 1. The minimum absolute atomic E-state index is 0.0142. The maximum absolute atomic E-state index is 11.1. The Balaban J connectivity index is 3.76. The van der Waals surface area contributed by atoms with Crippen molar-refractivity contribution in [1.82, 2.24) is 4.90 Å². The molecule has 0 rings (SSSR count). The molecule has 4 heteroatoms. The third kappa shape index (κ3) is 4.85. The molecule has 0 heterocycles. The number of Topliss-reactive ketones (excluding diaryl/α,β-unsaturated/α-hetero) is 1. The third-order valence-corrected chi connectivity index (χ3v) is 1.50. The number of primary amides is 1. The Morgan fingerprint density at radius 1 is 1.33 bits per heavy atom. The molecule has 0 aromatic rings. The topological polar surface area (TPSA) is 63.4 Å². The smallest absolute Gasteiger partial charge is 0.231 e. The monoisotopic (exact) mass is 172 g/mol. The first-order valence-corrected chi connectivity index (χ1v) is 3.93. The van der Waals surface area contributed by atoms with Crippen molar-refractivity contribution < 1.29 is 9.59 Å². The van der Waals surface area contributed by atoms with Crippen molar-refractivity contribution in [3.8, 4) is 0 Å². The van der Waals surface area contributed by atoms with Crippen molar-refractivity contribution in [3.63, 3.8) is 0 Å². The van der Waals surface area contributed by atoms with E-state index >= 15 is 0 Å². The van der Waals surface area contributed by atoms with Crippen molar-refractivity contribution in [2.24, 2.45) is 11.7 Å². The number of nitrogens with zero attached hydrogens (tertiary/aromatic N) is 1. The number of carbonyl (C=O) groups excluding carboxylic acids is 2. The molecule has 2 N–H and O–H groups in total. The first-order chi connectivity index (χ1) is 5.43. The molecule has 0 radical (unpaired) electrons. The van der Waals surface area contributed by atoms with Crippen LogP contribution in [0.3, 0.4) is 0 Å². The van der Waals surface area contributed by atoms with Gasteiger partial charge in [0.2, 0.25) is 5.91 Å². The Morgan fingerprint density at radius 3 is 2.17 bits per heavy atom. The van der Waals surface area contributed by atoms with E-state index in [2.05, 4.69) is 0 Å². The largest absolute Gasteiger partial charge is 0.369 e. The minimum atomic E-state index is -0.408. The van der Waals surface area contributed by atoms with Gasteiger partial charge in [-0.15, -0.1) is 0 Å². The standard InChI is InChI=1S/C8H16N2O2/c1-6(2)7(11)4-10(3)5-8(9)12/h6H,4-5H2,1-3H3,(H2,9,12). The zero-order valence-corrected chi connectivity index (χ0v) is 7.83. The van der Waals surface area contributed by atoms with Gasteiger partial charge in [0.05, 0.1) is 13.1 Å². The van der Waals surface area contributed by atoms with Crippen LogP contribution >= 0.6 is 0 Å². The highest BCUT2D eigenvalue weighted by Crippen LogP contribution is 1.95. The molecule has 0 aliphatic carbocycles. The van der Waals surface area contributed by atoms with Crippen molar-refractivity contribution in [1.29, 1.82) is 0 Å². The summed E-state index contributed by atoms with van der Waals surface area (Å²) < 4.78 is 0. The van der Waals surface area contributed by atoms with Crippen LogP contribution in [0.15, 0.2) is 0 Å². The molecule has 0 aromatic heterocycles. The summed E-state index contributed by atoms with van der Waals surface area (Å²) in [4.78, 5) is 23.2. The lowest BCUT2D eigenvalue weighted by Crippen LogP contribution is -2.35. The maximum atomic E-state index is 11.1. The first-order valence-electron chi connectivity index (χ1n) is 3.93. The van der Waals surface area contributed by atoms with E-state index in [9.17, 15) is 9.59 Å². The van der Waals surface area contributed by atoms with Crippen LogP contribution in [-0.4, -0.2) is 36.7 Å². The number of carbonyl (C=O) groups is 2. The van der Waals surface area contributed by atoms with E-state index in [1.807, 2.05) is 13.8 Å². The predicted molar refractivity (Wildman–Crippen MR) is 46.5 cm³/mol. The van der Waals surface area contributed by atoms with Gasteiger partial charge in [-0.25, -0.2) is 0 Å². The Hall–Kier alpha value is -0.900. The highest BCUT2D eigenvalue weighted by molar-refractivity contribution is 5.83. The number of amides is 1. The van der Waals surface area contributed by atoms with Gasteiger partial charge in [0, 0.05) is 5.92 Å². The first kappa shape index (κ1) is 11.1. The summed E-state index contributed by atoms with van der Waals surface area (Å²) in [7, 11) is 1.70. The third-order valence-electron chi connectivity index (χ3n) is 1.50. The van der Waals surface area contributed by atoms with Crippen LogP contribution in [0.1, 0.15) is 13.8 Å². The quantitative estimate of drug-likeness (QED) is 0.615. The molecule has 0 spiro atoms. The van der Waals surface area contributed by atoms with Crippen molar-refractivity contribution >= 4 is 11.7 Å². The molecule has 0 saturated heterocycles. The second-order valence-corrected chi connectivity index (χ2v) is 3.26. The van der Waals surface area contributed by atoms with Gasteiger partial charge in [-0.2, -0.15) is 0 Å². The number of hydrogen-bond donors (Lipinski definition) is 1. The molecule has 0 unspecified atom stereocenters. The van der Waals surface area contributed by atoms with Crippen LogP contribution < -0.4 is 5.73 Å². The zero-order chi connectivity index (χ0) is 9.72. The summed E-state index contributed by atoms with van der Waals surface area (Å²) in [6.07, 6.45) is 0. The average molecular weight is 172 g/mol. The maximum Gasteiger partial charge on any atom is 0.231 e. The van der Waals surface area contributed by atoms with Crippen LogP contribution in [0.4, 0.5) is 0 Å². The molecule has 70 valence electrons. The van der Waals surface area contributed by atoms with Crippen molar-refractivity contribution in [3.05, 3.63) is 0 Å². The Bertz CT molecular complexity index is 178. The van der Waals surface area contributed by atoms with E-state index < -0.39 is 5.91 Å². The van der Waals surface area contributed by atoms with Crippen LogP contribution in [0.25, 0.3) is 0 Å². The lowest BCUT2D eigenvalue weighted by atomic mass is 10.1. The fourth-order valence-corrected chi connectivity index (χ4v) is 0.771. The molecule has 0 aliphatic rings. The number of nitrogens with two attached hydrogens (primary N) is 1. The molecule has 0 aliphatic heterocycles. The van der Waals surface area contributed by atoms with Crippen LogP contribution in [0.2, 0.25) is 0 Å². The number of rotatable bonds is 5. The molecule has 0 atom stereocenters. The molecule has 0 fully saturated rings. The van der Waals surface area contributed by atoms with Gasteiger partial charge in [0.25, 0.3) is 0 Å². The van der Waals surface area contributed by atoms with E-state index in [1.54, 1.807) is 11.9 Å². The van der Waals surface area contributed by atoms with Crippen molar-refractivity contribution in [2.45, 2.75) is 13.8 Å². The van der Waals surface area contributed by atoms with E-state index in [0.717, 1.165) is 0 Å². The fraction of sp³-hybridized carbons (Fsp3) is 0.750. The summed E-state index contributed by atoms with van der Waals surface area (Å²) in [5.74, 6) is -0.270. The zero-order valence-electron chi connectivity index (χ0n) is 7.83. The Labute approximate surface area is 72.7 Å². The van der Waals surface area contributed by atoms with Crippen LogP contribution in [0.5, 0.6) is 0 Å². The molecular weight excluding hydrogens is 156 g/mol. The highest BCUT2D eigenvalue weighted by atomic mass is 16.1. The number of hydrogen-bond acceptors (Lipinski definition) is 3. The normalized spacial score (nSPS) is 10.8. The van der Waals surface area contributed by atoms with Gasteiger partial charge in [0.1, 0.15) is 5.78 Å². The van der Waals surface area contributed by atoms with Gasteiger partial charge in [-0.3, -0.25) is 14.5 Å². The summed E-state index contributed by atoms with van der Waals surface area (Å²) >= 11 is 0. The summed E-state index contributed by atoms with van der Waals surface area (Å²) in [5.41, 5.74) is 4.95. The number of ketones is 1. The summed E-state index contributed by atoms with van der Waals surface area (Å²) in [6.45, 7) is 4.10. The molecule has 1 amide bonds. The molecule has 0 bridgehead atoms. The predicted octanol–water partition coefficient (Wildman–Crippen LogP) is -0.371. The average Bonchev–Trinajstić information content (AvgIpc) is 1.84. The van der Waals surface area contributed by atoms with Crippen molar-refractivity contribution in [2.75, 3.05) is 20.1 Å². The van der Waals surface area contributed by atoms with E-state index in [-0.39, 0.29) is 18.2 Å².